The molecule has 5 heteroatoms. The van der Waals surface area contributed by atoms with Crippen LogP contribution in [0.3, 0.4) is 0 Å². The SMILES string of the molecule is Cc1cnc(NC(=O)Nc2ccccc2)s1. The Morgan fingerprint density at radius 1 is 1.25 bits per heavy atom. The number of rotatable bonds is 2. The molecule has 0 aliphatic carbocycles. The van der Waals surface area contributed by atoms with Gasteiger partial charge in [0.05, 0.1) is 0 Å². The van der Waals surface area contributed by atoms with Crippen LogP contribution < -0.4 is 10.6 Å². The van der Waals surface area contributed by atoms with Crippen LogP contribution in [0.15, 0.2) is 36.5 Å². The largest absolute Gasteiger partial charge is 0.325 e. The Hall–Kier alpha value is -1.88. The number of anilines is 2. The van der Waals surface area contributed by atoms with Crippen LogP contribution in [0.5, 0.6) is 0 Å². The van der Waals surface area contributed by atoms with Crippen LogP contribution >= 0.6 is 11.3 Å². The Bertz CT molecular complexity index is 481. The van der Waals surface area contributed by atoms with Gasteiger partial charge in [-0.05, 0) is 19.1 Å². The average Bonchev–Trinajstić information content (AvgIpc) is 2.65. The van der Waals surface area contributed by atoms with Gasteiger partial charge in [0.25, 0.3) is 0 Å². The first-order chi connectivity index (χ1) is 7.74. The molecular formula is C11H11N3OS. The summed E-state index contributed by atoms with van der Waals surface area (Å²) in [6.07, 6.45) is 1.72. The number of aryl methyl sites for hydroxylation is 1. The van der Waals surface area contributed by atoms with Crippen molar-refractivity contribution < 1.29 is 4.79 Å². The van der Waals surface area contributed by atoms with E-state index in [0.29, 0.717) is 5.13 Å². The first kappa shape index (κ1) is 10.6. The maximum atomic E-state index is 11.5. The van der Waals surface area contributed by atoms with Gasteiger partial charge in [-0.25, -0.2) is 9.78 Å². The van der Waals surface area contributed by atoms with Gasteiger partial charge in [-0.3, -0.25) is 5.32 Å². The smallest absolute Gasteiger partial charge is 0.308 e. The predicted octanol–water partition coefficient (Wildman–Crippen LogP) is 3.10. The van der Waals surface area contributed by atoms with Crippen molar-refractivity contribution in [2.24, 2.45) is 0 Å². The lowest BCUT2D eigenvalue weighted by Crippen LogP contribution is -2.19. The van der Waals surface area contributed by atoms with Gasteiger partial charge >= 0.3 is 6.03 Å². The highest BCUT2D eigenvalue weighted by Crippen LogP contribution is 2.16. The molecule has 16 heavy (non-hydrogen) atoms. The fraction of sp³-hybridized carbons (Fsp3) is 0.0909. The molecule has 0 unspecified atom stereocenters. The monoisotopic (exact) mass is 233 g/mol. The van der Waals surface area contributed by atoms with E-state index in [1.165, 1.54) is 11.3 Å². The molecule has 0 saturated carbocycles. The van der Waals surface area contributed by atoms with Crippen molar-refractivity contribution in [1.82, 2.24) is 4.98 Å². The second-order valence-electron chi connectivity index (χ2n) is 3.22. The standard InChI is InChI=1S/C11H11N3OS/c1-8-7-12-11(16-8)14-10(15)13-9-5-3-2-4-6-9/h2-7H,1H3,(H2,12,13,14,15). The van der Waals surface area contributed by atoms with Crippen LogP contribution in [0.4, 0.5) is 15.6 Å². The van der Waals surface area contributed by atoms with Crippen LogP contribution in [-0.2, 0) is 0 Å². The molecule has 2 aromatic rings. The average molecular weight is 233 g/mol. The molecule has 0 fully saturated rings. The van der Waals surface area contributed by atoms with Gasteiger partial charge in [-0.1, -0.05) is 18.2 Å². The van der Waals surface area contributed by atoms with Crippen LogP contribution in [0.25, 0.3) is 0 Å². The second kappa shape index (κ2) is 4.76. The molecule has 2 rings (SSSR count). The van der Waals surface area contributed by atoms with Crippen molar-refractivity contribution in [3.8, 4) is 0 Å². The minimum Gasteiger partial charge on any atom is -0.308 e. The van der Waals surface area contributed by atoms with Gasteiger partial charge in [-0.2, -0.15) is 0 Å². The molecular weight excluding hydrogens is 222 g/mol. The molecule has 0 aliphatic rings. The van der Waals surface area contributed by atoms with Crippen molar-refractivity contribution >= 4 is 28.2 Å². The highest BCUT2D eigenvalue weighted by molar-refractivity contribution is 7.15. The van der Waals surface area contributed by atoms with Crippen molar-refractivity contribution in [3.05, 3.63) is 41.4 Å². The van der Waals surface area contributed by atoms with Gasteiger partial charge in [0.2, 0.25) is 0 Å². The van der Waals surface area contributed by atoms with Gasteiger partial charge in [0.15, 0.2) is 5.13 Å². The summed E-state index contributed by atoms with van der Waals surface area (Å²) in [5.74, 6) is 0. The molecule has 0 radical (unpaired) electrons. The molecule has 0 saturated heterocycles. The molecule has 0 spiro atoms. The van der Waals surface area contributed by atoms with Gasteiger partial charge in [-0.15, -0.1) is 11.3 Å². The van der Waals surface area contributed by atoms with E-state index in [1.807, 2.05) is 37.3 Å². The zero-order valence-corrected chi connectivity index (χ0v) is 9.54. The van der Waals surface area contributed by atoms with Crippen LogP contribution in [-0.4, -0.2) is 11.0 Å². The van der Waals surface area contributed by atoms with Crippen molar-refractivity contribution in [1.29, 1.82) is 0 Å². The van der Waals surface area contributed by atoms with Gasteiger partial charge in [0, 0.05) is 16.8 Å². The number of nitrogens with one attached hydrogen (secondary N) is 2. The van der Waals surface area contributed by atoms with Crippen molar-refractivity contribution in [3.63, 3.8) is 0 Å². The Morgan fingerprint density at radius 3 is 2.62 bits per heavy atom. The van der Waals surface area contributed by atoms with E-state index in [4.69, 9.17) is 0 Å². The molecule has 0 atom stereocenters. The fourth-order valence-corrected chi connectivity index (χ4v) is 1.85. The van der Waals surface area contributed by atoms with E-state index in [1.54, 1.807) is 6.20 Å². The maximum Gasteiger partial charge on any atom is 0.325 e. The summed E-state index contributed by atoms with van der Waals surface area (Å²) >= 11 is 1.44. The van der Waals surface area contributed by atoms with Crippen LogP contribution in [0.1, 0.15) is 4.88 Å². The fourth-order valence-electron chi connectivity index (χ4n) is 1.19. The third-order valence-electron chi connectivity index (χ3n) is 1.87. The summed E-state index contributed by atoms with van der Waals surface area (Å²) in [4.78, 5) is 16.6. The number of amides is 2. The van der Waals surface area contributed by atoms with E-state index in [9.17, 15) is 4.79 Å². The highest BCUT2D eigenvalue weighted by Gasteiger charge is 2.04. The Balaban J connectivity index is 1.95. The first-order valence-electron chi connectivity index (χ1n) is 4.79. The number of hydrogen-bond donors (Lipinski definition) is 2. The quantitative estimate of drug-likeness (QED) is 0.837. The summed E-state index contributed by atoms with van der Waals surface area (Å²) in [6.45, 7) is 1.94. The lowest BCUT2D eigenvalue weighted by molar-refractivity contribution is 0.262. The number of urea groups is 1. The van der Waals surface area contributed by atoms with Crippen LogP contribution in [0.2, 0.25) is 0 Å². The molecule has 4 nitrogen and oxygen atoms in total. The normalized spacial score (nSPS) is 9.81. The minimum atomic E-state index is -0.277. The topological polar surface area (TPSA) is 54.0 Å². The summed E-state index contributed by atoms with van der Waals surface area (Å²) in [5, 5.41) is 5.99. The molecule has 1 aromatic heterocycles. The Labute approximate surface area is 97.3 Å². The molecule has 0 bridgehead atoms. The van der Waals surface area contributed by atoms with E-state index in [2.05, 4.69) is 15.6 Å². The van der Waals surface area contributed by atoms with Crippen LogP contribution in [0, 0.1) is 6.92 Å². The molecule has 1 aromatic carbocycles. The predicted molar refractivity (Wildman–Crippen MR) is 65.9 cm³/mol. The van der Waals surface area contributed by atoms with Gasteiger partial charge < -0.3 is 5.32 Å². The second-order valence-corrected chi connectivity index (χ2v) is 4.46. The van der Waals surface area contributed by atoms with Crippen molar-refractivity contribution in [2.75, 3.05) is 10.6 Å². The van der Waals surface area contributed by atoms with E-state index >= 15 is 0 Å². The summed E-state index contributed by atoms with van der Waals surface area (Å²) < 4.78 is 0. The summed E-state index contributed by atoms with van der Waals surface area (Å²) in [6, 6.07) is 9.00. The van der Waals surface area contributed by atoms with E-state index in [-0.39, 0.29) is 6.03 Å². The number of hydrogen-bond acceptors (Lipinski definition) is 3. The molecule has 1 heterocycles. The number of carbonyl (C=O) groups is 1. The van der Waals surface area contributed by atoms with E-state index < -0.39 is 0 Å². The van der Waals surface area contributed by atoms with Gasteiger partial charge in [0.1, 0.15) is 0 Å². The van der Waals surface area contributed by atoms with E-state index in [0.717, 1.165) is 10.6 Å². The number of nitrogens with zero attached hydrogens (tertiary/aromatic N) is 1. The first-order valence-corrected chi connectivity index (χ1v) is 5.61. The zero-order chi connectivity index (χ0) is 11.4. The number of benzene rings is 1. The number of para-hydroxylation sites is 1. The molecule has 82 valence electrons. The third kappa shape index (κ3) is 2.80. The number of carbonyl (C=O) groups excluding carboxylic acids is 1. The molecule has 0 aliphatic heterocycles. The molecule has 2 N–H and O–H groups in total. The maximum absolute atomic E-state index is 11.5. The lowest BCUT2D eigenvalue weighted by atomic mass is 10.3. The zero-order valence-electron chi connectivity index (χ0n) is 8.73. The van der Waals surface area contributed by atoms with Crippen molar-refractivity contribution in [2.45, 2.75) is 6.92 Å². The summed E-state index contributed by atoms with van der Waals surface area (Å²) in [7, 11) is 0. The highest BCUT2D eigenvalue weighted by atomic mass is 32.1. The summed E-state index contributed by atoms with van der Waals surface area (Å²) in [5.41, 5.74) is 0.758. The number of aromatic nitrogens is 1. The Kier molecular flexibility index (Phi) is 3.16. The molecule has 2 amide bonds. The number of thiazole rings is 1. The third-order valence-corrected chi connectivity index (χ3v) is 2.70. The minimum absolute atomic E-state index is 0.277. The Morgan fingerprint density at radius 2 is 2.00 bits per heavy atom. The lowest BCUT2D eigenvalue weighted by Gasteiger charge is -2.04.